The summed E-state index contributed by atoms with van der Waals surface area (Å²) in [5, 5.41) is 0. The molecule has 0 saturated heterocycles. The molecule has 0 aliphatic rings. The van der Waals surface area contributed by atoms with E-state index in [1.54, 1.807) is 0 Å². The average molecular weight is 309 g/mol. The summed E-state index contributed by atoms with van der Waals surface area (Å²) in [6, 6.07) is 0. The second kappa shape index (κ2) is 30.5. The van der Waals surface area contributed by atoms with E-state index in [0.717, 1.165) is 0 Å². The summed E-state index contributed by atoms with van der Waals surface area (Å²) in [7, 11) is -4.64. The second-order valence-electron chi connectivity index (χ2n) is 1.09. The van der Waals surface area contributed by atoms with Crippen molar-refractivity contribution in [1.29, 1.82) is 0 Å². The van der Waals surface area contributed by atoms with Gasteiger partial charge in [0.2, 0.25) is 0 Å². The molecule has 0 amide bonds. The molecule has 14 heavy (non-hydrogen) atoms. The number of hydrogen-bond donors (Lipinski definition) is 5. The van der Waals surface area contributed by atoms with Crippen molar-refractivity contribution in [2.45, 2.75) is 0 Å². The summed E-state index contributed by atoms with van der Waals surface area (Å²) in [4.78, 5) is 21.6. The Morgan fingerprint density at radius 1 is 0.857 bits per heavy atom. The van der Waals surface area contributed by atoms with Crippen molar-refractivity contribution < 1.29 is 36.3 Å². The van der Waals surface area contributed by atoms with Crippen LogP contribution in [0.25, 0.3) is 0 Å². The van der Waals surface area contributed by atoms with Gasteiger partial charge in [0.25, 0.3) is 0 Å². The molecule has 0 aromatic rings. The molecule has 0 atom stereocenters. The van der Waals surface area contributed by atoms with Gasteiger partial charge in [-0.25, -0.2) is 4.57 Å². The van der Waals surface area contributed by atoms with E-state index in [-0.39, 0.29) is 135 Å². The third-order valence-electron chi connectivity index (χ3n) is 0.167. The van der Waals surface area contributed by atoms with E-state index < -0.39 is 7.82 Å². The molecule has 0 fully saturated rings. The summed E-state index contributed by atoms with van der Waals surface area (Å²) in [6.07, 6.45) is 0. The Hall–Kier alpha value is 4.55. The molecule has 0 aromatic carbocycles. The molecule has 0 aliphatic carbocycles. The molecular formula is C2H15MnN2Na4O4P. The van der Waals surface area contributed by atoms with Crippen LogP contribution in [0, 0.1) is 0 Å². The van der Waals surface area contributed by atoms with Gasteiger partial charge in [0.15, 0.2) is 0 Å². The molecule has 0 aromatic heterocycles. The van der Waals surface area contributed by atoms with Crippen LogP contribution in [0.1, 0.15) is 0 Å². The zero-order valence-corrected chi connectivity index (χ0v) is 7.22. The first-order valence-electron chi connectivity index (χ1n) is 2.10. The van der Waals surface area contributed by atoms with Gasteiger partial charge in [-0.15, -0.1) is 0 Å². The van der Waals surface area contributed by atoms with E-state index in [4.69, 9.17) is 30.7 Å². The van der Waals surface area contributed by atoms with Gasteiger partial charge in [-0.1, -0.05) is 0 Å². The molecule has 7 N–H and O–H groups in total. The molecule has 0 unspecified atom stereocenters. The quantitative estimate of drug-likeness (QED) is 0.245. The maximum atomic E-state index is 8.88. The summed E-state index contributed by atoms with van der Waals surface area (Å²) in [5.74, 6) is 0. The zero-order valence-electron chi connectivity index (χ0n) is 5.14. The van der Waals surface area contributed by atoms with Crippen LogP contribution in [-0.4, -0.2) is 146 Å². The topological polar surface area (TPSA) is 130 Å². The van der Waals surface area contributed by atoms with Gasteiger partial charge < -0.3 is 26.1 Å². The van der Waals surface area contributed by atoms with Gasteiger partial charge in [0.05, 0.1) is 0 Å². The van der Waals surface area contributed by atoms with Gasteiger partial charge in [0.1, 0.15) is 0 Å². The molecule has 0 bridgehead atoms. The van der Waals surface area contributed by atoms with Crippen molar-refractivity contribution in [3.8, 4) is 0 Å². The Labute approximate surface area is 183 Å². The molecular weight excluding hydrogens is 294 g/mol. The first-order chi connectivity index (χ1) is 3.91. The number of nitrogens with two attached hydrogens (primary N) is 2. The third-order valence-corrected chi connectivity index (χ3v) is 0.167. The molecule has 0 rings (SSSR count). The predicted octanol–water partition coefficient (Wildman–Crippen LogP) is -4.62. The van der Waals surface area contributed by atoms with Gasteiger partial charge >= 0.3 is 126 Å². The average Bonchev–Trinajstić information content (AvgIpc) is 1.61. The zero-order chi connectivity index (χ0) is 7.91. The van der Waals surface area contributed by atoms with E-state index >= 15 is 0 Å². The van der Waals surface area contributed by atoms with Crippen molar-refractivity contribution in [1.82, 2.24) is 0 Å². The van der Waals surface area contributed by atoms with Crippen molar-refractivity contribution in [2.75, 3.05) is 13.1 Å². The van der Waals surface area contributed by atoms with E-state index in [2.05, 4.69) is 0 Å². The first kappa shape index (κ1) is 42.8. The van der Waals surface area contributed by atoms with E-state index in [1.165, 1.54) is 0 Å². The van der Waals surface area contributed by atoms with E-state index in [9.17, 15) is 0 Å². The normalized spacial score (nSPS) is 6.36. The summed E-state index contributed by atoms with van der Waals surface area (Å²) >= 11 is 0. The van der Waals surface area contributed by atoms with Crippen LogP contribution in [0.3, 0.4) is 0 Å². The van der Waals surface area contributed by atoms with Crippen molar-refractivity contribution in [3.63, 3.8) is 0 Å². The molecule has 73 valence electrons. The van der Waals surface area contributed by atoms with Crippen LogP contribution in [0.2, 0.25) is 0 Å². The molecule has 12 heteroatoms. The first-order valence-corrected chi connectivity index (χ1v) is 3.66. The van der Waals surface area contributed by atoms with Gasteiger partial charge in [-0.05, 0) is 0 Å². The monoisotopic (exact) mass is 309 g/mol. The number of rotatable bonds is 1. The van der Waals surface area contributed by atoms with Crippen LogP contribution in [-0.2, 0) is 21.6 Å². The van der Waals surface area contributed by atoms with Gasteiger partial charge in [-0.2, -0.15) is 0 Å². The van der Waals surface area contributed by atoms with Crippen LogP contribution in [0.4, 0.5) is 0 Å². The fourth-order valence-electron chi connectivity index (χ4n) is 0. The Kier molecular flexibility index (Phi) is 93.4. The minimum atomic E-state index is -4.64. The Morgan fingerprint density at radius 2 is 0.929 bits per heavy atom. The molecule has 0 aliphatic heterocycles. The van der Waals surface area contributed by atoms with E-state index in [1.807, 2.05) is 0 Å². The molecule has 0 heterocycles. The Balaban J connectivity index is -0.0000000104. The molecule has 6 nitrogen and oxygen atoms in total. The fraction of sp³-hybridized carbons (Fsp3) is 1.00. The van der Waals surface area contributed by atoms with Gasteiger partial charge in [0, 0.05) is 30.2 Å². The maximum absolute atomic E-state index is 8.88. The third kappa shape index (κ3) is 130. The van der Waals surface area contributed by atoms with Crippen LogP contribution >= 0.6 is 7.82 Å². The summed E-state index contributed by atoms with van der Waals surface area (Å²) < 4.78 is 8.88. The summed E-state index contributed by atoms with van der Waals surface area (Å²) in [5.41, 5.74) is 9.81. The van der Waals surface area contributed by atoms with E-state index in [0.29, 0.717) is 13.1 Å². The number of phosphoric acid groups is 1. The number of hydrogen-bond acceptors (Lipinski definition) is 3. The fourth-order valence-corrected chi connectivity index (χ4v) is 0. The van der Waals surface area contributed by atoms with Crippen LogP contribution < -0.4 is 11.5 Å². The Morgan fingerprint density at radius 3 is 0.929 bits per heavy atom. The molecule has 1 radical (unpaired) electrons. The van der Waals surface area contributed by atoms with Crippen molar-refractivity contribution >= 4 is 126 Å². The molecule has 0 saturated carbocycles. The van der Waals surface area contributed by atoms with Crippen LogP contribution in [0.15, 0.2) is 0 Å². The Bertz CT molecular complexity index is 97.1. The van der Waals surface area contributed by atoms with Crippen molar-refractivity contribution in [3.05, 3.63) is 0 Å². The SMILES string of the molecule is NCCN.O=P(O)(O)O.[Mn].[NaH].[NaH].[NaH].[NaH]. The predicted molar refractivity (Wildman–Crippen MR) is 61.0 cm³/mol. The second-order valence-corrected chi connectivity index (χ2v) is 2.12. The van der Waals surface area contributed by atoms with Crippen molar-refractivity contribution in [2.24, 2.45) is 11.5 Å². The van der Waals surface area contributed by atoms with Gasteiger partial charge in [-0.3, -0.25) is 0 Å². The standard InChI is InChI=1S/C2H8N2.Mn.4Na.H3O4P.4H/c3-1-2-4;;;;;;1-5(2,3)4;;;;/h1-4H2;;;;;;(H3,1,2,3,4);;;;. The summed E-state index contributed by atoms with van der Waals surface area (Å²) in [6.45, 7) is 1.19. The molecule has 0 spiro atoms. The minimum absolute atomic E-state index is 0. The van der Waals surface area contributed by atoms with Crippen LogP contribution in [0.5, 0.6) is 0 Å².